The Kier molecular flexibility index (Phi) is 4.29. The second-order valence-corrected chi connectivity index (χ2v) is 8.13. The summed E-state index contributed by atoms with van der Waals surface area (Å²) < 4.78 is 55.5. The standard InChI is InChI=1S/C10H16N2O5S2/c13-18(14,12-5-1-2-6-12)8-4-11-19(15,16)10-3-7-17-9-10/h3,7,9,11H,1-2,4-6,8H2. The minimum absolute atomic E-state index is 0.00827. The van der Waals surface area contributed by atoms with Crippen LogP contribution in [0.4, 0.5) is 0 Å². The molecule has 0 unspecified atom stereocenters. The van der Waals surface area contributed by atoms with Crippen LogP contribution in [0.2, 0.25) is 0 Å². The van der Waals surface area contributed by atoms with Crippen LogP contribution < -0.4 is 4.72 Å². The molecule has 2 heterocycles. The SMILES string of the molecule is O=S(=O)(NCCS(=O)(=O)N1CCCC1)c1ccoc1. The summed E-state index contributed by atoms with van der Waals surface area (Å²) in [7, 11) is -7.06. The zero-order chi connectivity index (χ0) is 13.9. The van der Waals surface area contributed by atoms with Crippen LogP contribution in [-0.2, 0) is 20.0 Å². The summed E-state index contributed by atoms with van der Waals surface area (Å²) in [4.78, 5) is -0.00827. The van der Waals surface area contributed by atoms with Crippen molar-refractivity contribution in [1.82, 2.24) is 9.03 Å². The maximum atomic E-state index is 11.9. The molecule has 1 aliphatic heterocycles. The van der Waals surface area contributed by atoms with Gasteiger partial charge in [-0.25, -0.2) is 25.9 Å². The molecule has 1 saturated heterocycles. The second kappa shape index (κ2) is 5.61. The van der Waals surface area contributed by atoms with E-state index in [9.17, 15) is 16.8 Å². The van der Waals surface area contributed by atoms with Gasteiger partial charge in [-0.15, -0.1) is 0 Å². The Bertz CT molecular complexity index is 600. The van der Waals surface area contributed by atoms with Gasteiger partial charge in [0.05, 0.1) is 12.0 Å². The summed E-state index contributed by atoms with van der Waals surface area (Å²) in [6.45, 7) is 0.903. The van der Waals surface area contributed by atoms with E-state index in [2.05, 4.69) is 9.14 Å². The van der Waals surface area contributed by atoms with Crippen molar-refractivity contribution in [1.29, 1.82) is 0 Å². The average molecular weight is 308 g/mol. The van der Waals surface area contributed by atoms with Gasteiger partial charge >= 0.3 is 0 Å². The molecule has 0 aromatic carbocycles. The highest BCUT2D eigenvalue weighted by Gasteiger charge is 2.25. The van der Waals surface area contributed by atoms with Crippen LogP contribution in [0, 0.1) is 0 Å². The van der Waals surface area contributed by atoms with E-state index in [4.69, 9.17) is 0 Å². The number of rotatable bonds is 6. The number of nitrogens with one attached hydrogen (secondary N) is 1. The molecule has 2 rings (SSSR count). The molecule has 108 valence electrons. The van der Waals surface area contributed by atoms with Gasteiger partial charge in [0.2, 0.25) is 20.0 Å². The molecule has 1 N–H and O–H groups in total. The van der Waals surface area contributed by atoms with Crippen molar-refractivity contribution in [2.24, 2.45) is 0 Å². The second-order valence-electron chi connectivity index (χ2n) is 4.28. The van der Waals surface area contributed by atoms with Crippen molar-refractivity contribution in [3.05, 3.63) is 18.6 Å². The first kappa shape index (κ1) is 14.5. The van der Waals surface area contributed by atoms with E-state index in [1.54, 1.807) is 0 Å². The third kappa shape index (κ3) is 3.56. The molecule has 0 atom stereocenters. The van der Waals surface area contributed by atoms with Gasteiger partial charge in [0.15, 0.2) is 0 Å². The first-order valence-electron chi connectivity index (χ1n) is 5.91. The van der Waals surface area contributed by atoms with Crippen molar-refractivity contribution in [3.8, 4) is 0 Å². The molecule has 7 nitrogen and oxygen atoms in total. The molecule has 1 aromatic rings. The van der Waals surface area contributed by atoms with Crippen molar-refractivity contribution in [2.75, 3.05) is 25.4 Å². The summed E-state index contributed by atoms with van der Waals surface area (Å²) in [6.07, 6.45) is 4.06. The van der Waals surface area contributed by atoms with Crippen LogP contribution in [0.15, 0.2) is 27.9 Å². The van der Waals surface area contributed by atoms with Crippen molar-refractivity contribution in [2.45, 2.75) is 17.7 Å². The minimum atomic E-state index is -3.69. The summed E-state index contributed by atoms with van der Waals surface area (Å²) >= 11 is 0. The molecule has 0 amide bonds. The van der Waals surface area contributed by atoms with Gasteiger partial charge in [-0.2, -0.15) is 0 Å². The summed E-state index contributed by atoms with van der Waals surface area (Å²) in [5.74, 6) is -0.232. The molecular weight excluding hydrogens is 292 g/mol. The third-order valence-corrected chi connectivity index (χ3v) is 6.22. The molecule has 0 spiro atoms. The average Bonchev–Trinajstić information content (AvgIpc) is 3.03. The van der Waals surface area contributed by atoms with E-state index in [1.807, 2.05) is 0 Å². The molecule has 0 saturated carbocycles. The zero-order valence-corrected chi connectivity index (χ0v) is 11.9. The van der Waals surface area contributed by atoms with E-state index < -0.39 is 20.0 Å². The molecule has 0 radical (unpaired) electrons. The first-order valence-corrected chi connectivity index (χ1v) is 9.01. The Labute approximate surface area is 112 Å². The fourth-order valence-corrected chi connectivity index (χ4v) is 4.40. The van der Waals surface area contributed by atoms with Crippen LogP contribution in [0.25, 0.3) is 0 Å². The van der Waals surface area contributed by atoms with Crippen LogP contribution in [-0.4, -0.2) is 46.5 Å². The Balaban J connectivity index is 1.90. The monoisotopic (exact) mass is 308 g/mol. The Morgan fingerprint density at radius 3 is 2.47 bits per heavy atom. The van der Waals surface area contributed by atoms with Crippen LogP contribution in [0.3, 0.4) is 0 Å². The zero-order valence-electron chi connectivity index (χ0n) is 10.3. The fraction of sp³-hybridized carbons (Fsp3) is 0.600. The smallest absolute Gasteiger partial charge is 0.243 e. The Morgan fingerprint density at radius 1 is 1.21 bits per heavy atom. The lowest BCUT2D eigenvalue weighted by atomic mass is 10.4. The van der Waals surface area contributed by atoms with Gasteiger partial charge in [0.25, 0.3) is 0 Å². The summed E-state index contributed by atoms with van der Waals surface area (Å²) in [5.41, 5.74) is 0. The van der Waals surface area contributed by atoms with Crippen LogP contribution >= 0.6 is 0 Å². The van der Waals surface area contributed by atoms with E-state index in [0.717, 1.165) is 19.1 Å². The van der Waals surface area contributed by atoms with E-state index in [-0.39, 0.29) is 17.2 Å². The van der Waals surface area contributed by atoms with Crippen LogP contribution in [0.5, 0.6) is 0 Å². The van der Waals surface area contributed by atoms with Crippen LogP contribution in [0.1, 0.15) is 12.8 Å². The molecular formula is C10H16N2O5S2. The largest absolute Gasteiger partial charge is 0.471 e. The quantitative estimate of drug-likeness (QED) is 0.797. The predicted octanol–water partition coefficient (Wildman–Crippen LogP) is -0.0165. The Morgan fingerprint density at radius 2 is 1.89 bits per heavy atom. The molecule has 1 aromatic heterocycles. The summed E-state index contributed by atoms with van der Waals surface area (Å²) in [5, 5.41) is 0. The number of hydrogen-bond acceptors (Lipinski definition) is 5. The number of nitrogens with zero attached hydrogens (tertiary/aromatic N) is 1. The van der Waals surface area contributed by atoms with Gasteiger partial charge in [0, 0.05) is 19.6 Å². The lowest BCUT2D eigenvalue weighted by molar-refractivity contribution is 0.477. The normalized spacial score (nSPS) is 17.9. The maximum absolute atomic E-state index is 11.9. The molecule has 1 fully saturated rings. The number of sulfonamides is 2. The molecule has 1 aliphatic rings. The fourth-order valence-electron chi connectivity index (χ4n) is 1.89. The highest BCUT2D eigenvalue weighted by atomic mass is 32.2. The molecule has 0 aliphatic carbocycles. The van der Waals surface area contributed by atoms with Crippen molar-refractivity contribution >= 4 is 20.0 Å². The van der Waals surface area contributed by atoms with Gasteiger partial charge in [0.1, 0.15) is 11.2 Å². The lowest BCUT2D eigenvalue weighted by Crippen LogP contribution is -2.36. The van der Waals surface area contributed by atoms with E-state index in [1.165, 1.54) is 16.6 Å². The van der Waals surface area contributed by atoms with E-state index >= 15 is 0 Å². The topological polar surface area (TPSA) is 96.7 Å². The molecule has 0 bridgehead atoms. The molecule has 9 heteroatoms. The minimum Gasteiger partial charge on any atom is -0.471 e. The third-order valence-electron chi connectivity index (χ3n) is 2.92. The molecule has 19 heavy (non-hydrogen) atoms. The van der Waals surface area contributed by atoms with Crippen molar-refractivity contribution in [3.63, 3.8) is 0 Å². The maximum Gasteiger partial charge on any atom is 0.243 e. The highest BCUT2D eigenvalue weighted by molar-refractivity contribution is 7.90. The van der Waals surface area contributed by atoms with E-state index in [0.29, 0.717) is 13.1 Å². The van der Waals surface area contributed by atoms with Gasteiger partial charge in [-0.3, -0.25) is 0 Å². The highest BCUT2D eigenvalue weighted by Crippen LogP contribution is 2.13. The van der Waals surface area contributed by atoms with Gasteiger partial charge in [-0.05, 0) is 18.9 Å². The lowest BCUT2D eigenvalue weighted by Gasteiger charge is -2.15. The van der Waals surface area contributed by atoms with Gasteiger partial charge in [-0.1, -0.05) is 0 Å². The number of furan rings is 1. The Hall–Kier alpha value is -0.900. The predicted molar refractivity (Wildman–Crippen MR) is 68.5 cm³/mol. The first-order chi connectivity index (χ1) is 8.92. The van der Waals surface area contributed by atoms with Gasteiger partial charge < -0.3 is 4.42 Å². The van der Waals surface area contributed by atoms with Crippen molar-refractivity contribution < 1.29 is 21.3 Å². The summed E-state index contributed by atoms with van der Waals surface area (Å²) in [6, 6.07) is 1.30. The number of hydrogen-bond donors (Lipinski definition) is 1.